The van der Waals surface area contributed by atoms with Crippen LogP contribution in [0.15, 0.2) is 18.2 Å². The van der Waals surface area contributed by atoms with Crippen molar-refractivity contribution in [3.8, 4) is 11.5 Å². The van der Waals surface area contributed by atoms with Crippen molar-refractivity contribution in [2.45, 2.75) is 25.8 Å². The minimum absolute atomic E-state index is 0. The Bertz CT molecular complexity index is 455. The van der Waals surface area contributed by atoms with Crippen LogP contribution in [0.1, 0.15) is 18.9 Å². The SMILES string of the molecule is COc1ccc(OC)c(CCC(=O)N(C)C(C)CN)c1.Cl. The number of carbonyl (C=O) groups excluding carboxylic acids is 1. The molecule has 0 aliphatic carbocycles. The second kappa shape index (κ2) is 9.47. The minimum atomic E-state index is 0. The molecule has 2 N–H and O–H groups in total. The van der Waals surface area contributed by atoms with Gasteiger partial charge in [0, 0.05) is 26.1 Å². The Labute approximate surface area is 132 Å². The highest BCUT2D eigenvalue weighted by Gasteiger charge is 2.15. The molecule has 0 saturated carbocycles. The van der Waals surface area contributed by atoms with E-state index < -0.39 is 0 Å². The number of hydrogen-bond donors (Lipinski definition) is 1. The third-order valence-corrected chi connectivity index (χ3v) is 3.49. The second-order valence-electron chi connectivity index (χ2n) is 4.77. The first-order chi connectivity index (χ1) is 9.53. The second-order valence-corrected chi connectivity index (χ2v) is 4.77. The largest absolute Gasteiger partial charge is 0.497 e. The van der Waals surface area contributed by atoms with Gasteiger partial charge in [-0.05, 0) is 37.1 Å². The highest BCUT2D eigenvalue weighted by atomic mass is 35.5. The van der Waals surface area contributed by atoms with E-state index in [1.54, 1.807) is 26.2 Å². The molecular weight excluding hydrogens is 292 g/mol. The zero-order valence-corrected chi connectivity index (χ0v) is 13.9. The molecule has 1 aromatic rings. The van der Waals surface area contributed by atoms with Gasteiger partial charge in [-0.2, -0.15) is 0 Å². The molecule has 1 unspecified atom stereocenters. The van der Waals surface area contributed by atoms with Crippen LogP contribution in [-0.4, -0.2) is 44.7 Å². The van der Waals surface area contributed by atoms with Gasteiger partial charge in [0.15, 0.2) is 0 Å². The maximum Gasteiger partial charge on any atom is 0.222 e. The van der Waals surface area contributed by atoms with Crippen molar-refractivity contribution in [3.05, 3.63) is 23.8 Å². The number of likely N-dealkylation sites (N-methyl/N-ethyl adjacent to an activating group) is 1. The Balaban J connectivity index is 0.00000400. The Morgan fingerprint density at radius 3 is 2.52 bits per heavy atom. The molecule has 1 rings (SSSR count). The number of nitrogens with two attached hydrogens (primary N) is 1. The normalized spacial score (nSPS) is 11.3. The van der Waals surface area contributed by atoms with E-state index in [9.17, 15) is 4.79 Å². The molecule has 0 aliphatic rings. The van der Waals surface area contributed by atoms with E-state index in [2.05, 4.69) is 0 Å². The van der Waals surface area contributed by atoms with Crippen molar-refractivity contribution < 1.29 is 14.3 Å². The first-order valence-corrected chi connectivity index (χ1v) is 6.70. The number of methoxy groups -OCH3 is 2. The molecule has 1 atom stereocenters. The fourth-order valence-corrected chi connectivity index (χ4v) is 1.90. The summed E-state index contributed by atoms with van der Waals surface area (Å²) in [6.07, 6.45) is 1.03. The highest BCUT2D eigenvalue weighted by Crippen LogP contribution is 2.25. The average molecular weight is 317 g/mol. The van der Waals surface area contributed by atoms with Crippen LogP contribution in [0.2, 0.25) is 0 Å². The topological polar surface area (TPSA) is 64.8 Å². The first kappa shape index (κ1) is 19.5. The van der Waals surface area contributed by atoms with Crippen LogP contribution in [0, 0.1) is 0 Å². The van der Waals surface area contributed by atoms with Gasteiger partial charge in [-0.3, -0.25) is 4.79 Å². The number of rotatable bonds is 7. The number of ether oxygens (including phenoxy) is 2. The summed E-state index contributed by atoms with van der Waals surface area (Å²) in [5, 5.41) is 0. The van der Waals surface area contributed by atoms with Crippen molar-refractivity contribution in [3.63, 3.8) is 0 Å². The summed E-state index contributed by atoms with van der Waals surface area (Å²) in [7, 11) is 5.02. The number of benzene rings is 1. The fourth-order valence-electron chi connectivity index (χ4n) is 1.90. The Morgan fingerprint density at radius 2 is 2.00 bits per heavy atom. The Hall–Kier alpha value is -1.46. The van der Waals surface area contributed by atoms with Crippen LogP contribution < -0.4 is 15.2 Å². The predicted molar refractivity (Wildman–Crippen MR) is 86.4 cm³/mol. The van der Waals surface area contributed by atoms with Gasteiger partial charge in [0.25, 0.3) is 0 Å². The molecule has 120 valence electrons. The maximum absolute atomic E-state index is 12.1. The lowest BCUT2D eigenvalue weighted by molar-refractivity contribution is -0.131. The summed E-state index contributed by atoms with van der Waals surface area (Å²) >= 11 is 0. The van der Waals surface area contributed by atoms with Crippen LogP contribution >= 0.6 is 12.4 Å². The van der Waals surface area contributed by atoms with E-state index in [-0.39, 0.29) is 24.4 Å². The van der Waals surface area contributed by atoms with E-state index in [0.717, 1.165) is 17.1 Å². The van der Waals surface area contributed by atoms with Crippen LogP contribution in [0.25, 0.3) is 0 Å². The molecule has 5 nitrogen and oxygen atoms in total. The molecule has 0 saturated heterocycles. The molecule has 0 aromatic heterocycles. The van der Waals surface area contributed by atoms with Crippen molar-refractivity contribution in [1.29, 1.82) is 0 Å². The zero-order valence-electron chi connectivity index (χ0n) is 13.1. The monoisotopic (exact) mass is 316 g/mol. The molecule has 0 heterocycles. The van der Waals surface area contributed by atoms with E-state index in [1.165, 1.54) is 0 Å². The third kappa shape index (κ3) is 5.44. The standard InChI is InChI=1S/C15H24N2O3.ClH/c1-11(10-16)17(2)15(18)8-5-12-9-13(19-3)6-7-14(12)20-4;/h6-7,9,11H,5,8,10,16H2,1-4H3;1H. The fraction of sp³-hybridized carbons (Fsp3) is 0.533. The number of amides is 1. The van der Waals surface area contributed by atoms with Crippen molar-refractivity contribution in [1.82, 2.24) is 4.90 Å². The van der Waals surface area contributed by atoms with E-state index in [4.69, 9.17) is 15.2 Å². The van der Waals surface area contributed by atoms with Crippen molar-refractivity contribution >= 4 is 18.3 Å². The molecule has 0 spiro atoms. The summed E-state index contributed by atoms with van der Waals surface area (Å²) in [6, 6.07) is 5.64. The molecule has 0 bridgehead atoms. The number of aryl methyl sites for hydroxylation is 1. The smallest absolute Gasteiger partial charge is 0.222 e. The summed E-state index contributed by atoms with van der Waals surface area (Å²) < 4.78 is 10.5. The van der Waals surface area contributed by atoms with E-state index in [0.29, 0.717) is 19.4 Å². The quantitative estimate of drug-likeness (QED) is 0.834. The van der Waals surface area contributed by atoms with Gasteiger partial charge in [-0.15, -0.1) is 12.4 Å². The molecular formula is C15H25ClN2O3. The zero-order chi connectivity index (χ0) is 15.1. The molecule has 1 amide bonds. The van der Waals surface area contributed by atoms with Gasteiger partial charge in [-0.1, -0.05) is 0 Å². The van der Waals surface area contributed by atoms with Crippen LogP contribution in [0.3, 0.4) is 0 Å². The summed E-state index contributed by atoms with van der Waals surface area (Å²) in [5.74, 6) is 1.61. The minimum Gasteiger partial charge on any atom is -0.497 e. The lowest BCUT2D eigenvalue weighted by Crippen LogP contribution is -2.39. The third-order valence-electron chi connectivity index (χ3n) is 3.49. The molecule has 21 heavy (non-hydrogen) atoms. The molecule has 0 fully saturated rings. The van der Waals surface area contributed by atoms with E-state index >= 15 is 0 Å². The predicted octanol–water partition coefficient (Wildman–Crippen LogP) is 1.86. The summed E-state index contributed by atoms with van der Waals surface area (Å²) in [4.78, 5) is 13.8. The number of carbonyl (C=O) groups is 1. The summed E-state index contributed by atoms with van der Waals surface area (Å²) in [6.45, 7) is 2.40. The van der Waals surface area contributed by atoms with Crippen LogP contribution in [-0.2, 0) is 11.2 Å². The van der Waals surface area contributed by atoms with Crippen LogP contribution in [0.4, 0.5) is 0 Å². The molecule has 6 heteroatoms. The van der Waals surface area contributed by atoms with Crippen molar-refractivity contribution in [2.24, 2.45) is 5.73 Å². The Morgan fingerprint density at radius 1 is 1.33 bits per heavy atom. The average Bonchev–Trinajstić information content (AvgIpc) is 2.50. The van der Waals surface area contributed by atoms with Gasteiger partial charge in [-0.25, -0.2) is 0 Å². The van der Waals surface area contributed by atoms with E-state index in [1.807, 2.05) is 25.1 Å². The summed E-state index contributed by atoms with van der Waals surface area (Å²) in [5.41, 5.74) is 6.54. The highest BCUT2D eigenvalue weighted by molar-refractivity contribution is 5.85. The van der Waals surface area contributed by atoms with Gasteiger partial charge < -0.3 is 20.1 Å². The van der Waals surface area contributed by atoms with Gasteiger partial charge in [0.2, 0.25) is 5.91 Å². The first-order valence-electron chi connectivity index (χ1n) is 6.70. The number of hydrogen-bond acceptors (Lipinski definition) is 4. The molecule has 0 radical (unpaired) electrons. The van der Waals surface area contributed by atoms with Gasteiger partial charge >= 0.3 is 0 Å². The maximum atomic E-state index is 12.1. The van der Waals surface area contributed by atoms with Gasteiger partial charge in [0.05, 0.1) is 14.2 Å². The Kier molecular flexibility index (Phi) is 8.81. The van der Waals surface area contributed by atoms with Gasteiger partial charge in [0.1, 0.15) is 11.5 Å². The molecule has 1 aromatic carbocycles. The lowest BCUT2D eigenvalue weighted by Gasteiger charge is -2.23. The number of nitrogens with zero attached hydrogens (tertiary/aromatic N) is 1. The lowest BCUT2D eigenvalue weighted by atomic mass is 10.1. The number of halogens is 1. The van der Waals surface area contributed by atoms with Crippen molar-refractivity contribution in [2.75, 3.05) is 27.8 Å². The van der Waals surface area contributed by atoms with Crippen LogP contribution in [0.5, 0.6) is 11.5 Å². The molecule has 0 aliphatic heterocycles.